The normalized spacial score (nSPS) is 22.7. The number of nitrogens with zero attached hydrogens (tertiary/aromatic N) is 4. The van der Waals surface area contributed by atoms with E-state index in [-0.39, 0.29) is 12.1 Å². The number of amides is 3. The fourth-order valence-electron chi connectivity index (χ4n) is 3.15. The molecule has 10 heteroatoms. The molecule has 26 heavy (non-hydrogen) atoms. The Morgan fingerprint density at radius 2 is 2.15 bits per heavy atom. The van der Waals surface area contributed by atoms with Gasteiger partial charge in [-0.25, -0.2) is 14.7 Å². The van der Waals surface area contributed by atoms with Gasteiger partial charge in [-0.3, -0.25) is 5.21 Å². The standard InChI is InChI=1S/C16H25N5O5/c1-16(2,3)26-14(22)17-8-4-5-12-18-19-13(25-12)11-7-6-10-9-20(11)15(23)21(10)24/h10-11,24H,4-9H2,1-3H3,(H,17,22)/t10-,11+/m1/s1. The molecular weight excluding hydrogens is 342 g/mol. The van der Waals surface area contributed by atoms with Crippen LogP contribution in [0.25, 0.3) is 0 Å². The van der Waals surface area contributed by atoms with Gasteiger partial charge in [-0.2, -0.15) is 0 Å². The number of hydrogen-bond acceptors (Lipinski definition) is 7. The van der Waals surface area contributed by atoms with Crippen LogP contribution in [0.5, 0.6) is 0 Å². The molecule has 2 aliphatic rings. The number of fused-ring (bicyclic) bond motifs is 2. The van der Waals surface area contributed by atoms with Crippen molar-refractivity contribution < 1.29 is 24.0 Å². The molecule has 144 valence electrons. The lowest BCUT2D eigenvalue weighted by atomic mass is 10.0. The lowest BCUT2D eigenvalue weighted by Crippen LogP contribution is -2.34. The van der Waals surface area contributed by atoms with E-state index in [1.54, 1.807) is 25.7 Å². The zero-order valence-electron chi connectivity index (χ0n) is 15.3. The summed E-state index contributed by atoms with van der Waals surface area (Å²) < 4.78 is 10.8. The van der Waals surface area contributed by atoms with E-state index in [1.165, 1.54) is 0 Å². The fourth-order valence-corrected chi connectivity index (χ4v) is 3.15. The third-order valence-electron chi connectivity index (χ3n) is 4.35. The maximum Gasteiger partial charge on any atom is 0.407 e. The molecule has 0 aromatic carbocycles. The Morgan fingerprint density at radius 1 is 1.38 bits per heavy atom. The summed E-state index contributed by atoms with van der Waals surface area (Å²) in [5.74, 6) is 0.850. The second-order valence-corrected chi connectivity index (χ2v) is 7.59. The monoisotopic (exact) mass is 367 g/mol. The minimum Gasteiger partial charge on any atom is -0.444 e. The zero-order chi connectivity index (χ0) is 18.9. The minimum absolute atomic E-state index is 0.153. The smallest absolute Gasteiger partial charge is 0.407 e. The highest BCUT2D eigenvalue weighted by Gasteiger charge is 2.46. The third-order valence-corrected chi connectivity index (χ3v) is 4.35. The molecule has 2 atom stereocenters. The predicted octanol–water partition coefficient (Wildman–Crippen LogP) is 1.86. The second kappa shape index (κ2) is 7.10. The molecule has 3 amide bonds. The summed E-state index contributed by atoms with van der Waals surface area (Å²) in [6.07, 6.45) is 2.05. The molecule has 2 bridgehead atoms. The zero-order valence-corrected chi connectivity index (χ0v) is 15.3. The van der Waals surface area contributed by atoms with Crippen molar-refractivity contribution in [2.75, 3.05) is 13.1 Å². The van der Waals surface area contributed by atoms with E-state index < -0.39 is 17.7 Å². The van der Waals surface area contributed by atoms with Crippen molar-refractivity contribution in [3.05, 3.63) is 11.8 Å². The predicted molar refractivity (Wildman–Crippen MR) is 88.3 cm³/mol. The number of alkyl carbamates (subject to hydrolysis) is 1. The minimum atomic E-state index is -0.526. The SMILES string of the molecule is CC(C)(C)OC(=O)NCCCc1nnc([C@@H]2CC[C@@H]3CN2C(=O)N3O)o1. The number of piperidine rings is 1. The Kier molecular flexibility index (Phi) is 5.03. The maximum atomic E-state index is 12.0. The van der Waals surface area contributed by atoms with Gasteiger partial charge in [0.25, 0.3) is 0 Å². The summed E-state index contributed by atoms with van der Waals surface area (Å²) in [7, 11) is 0. The number of aromatic nitrogens is 2. The van der Waals surface area contributed by atoms with Gasteiger partial charge in [0.1, 0.15) is 11.6 Å². The number of carbonyl (C=O) groups excluding carboxylic acids is 2. The van der Waals surface area contributed by atoms with Gasteiger partial charge >= 0.3 is 12.1 Å². The highest BCUT2D eigenvalue weighted by Crippen LogP contribution is 2.36. The van der Waals surface area contributed by atoms with Crippen LogP contribution in [0.15, 0.2) is 4.42 Å². The molecule has 2 aliphatic heterocycles. The molecule has 1 aromatic heterocycles. The van der Waals surface area contributed by atoms with Gasteiger partial charge in [0, 0.05) is 19.5 Å². The average Bonchev–Trinajstić information content (AvgIpc) is 3.11. The topological polar surface area (TPSA) is 121 Å². The van der Waals surface area contributed by atoms with Crippen LogP contribution < -0.4 is 5.32 Å². The molecule has 2 fully saturated rings. The Morgan fingerprint density at radius 3 is 2.88 bits per heavy atom. The van der Waals surface area contributed by atoms with Gasteiger partial charge in [-0.1, -0.05) is 0 Å². The van der Waals surface area contributed by atoms with E-state index in [2.05, 4.69) is 15.5 Å². The summed E-state index contributed by atoms with van der Waals surface area (Å²) >= 11 is 0. The van der Waals surface area contributed by atoms with Crippen LogP contribution in [-0.4, -0.2) is 62.2 Å². The molecule has 10 nitrogen and oxygen atoms in total. The molecular formula is C16H25N5O5. The van der Waals surface area contributed by atoms with E-state index in [1.807, 2.05) is 0 Å². The van der Waals surface area contributed by atoms with Crippen LogP contribution >= 0.6 is 0 Å². The lowest BCUT2D eigenvalue weighted by Gasteiger charge is -2.27. The number of urea groups is 1. The van der Waals surface area contributed by atoms with Gasteiger partial charge in [-0.05, 0) is 40.0 Å². The first kappa shape index (κ1) is 18.4. The van der Waals surface area contributed by atoms with E-state index >= 15 is 0 Å². The first-order valence-corrected chi connectivity index (χ1v) is 8.82. The second-order valence-electron chi connectivity index (χ2n) is 7.59. The number of aryl methyl sites for hydroxylation is 1. The Balaban J connectivity index is 1.47. The largest absolute Gasteiger partial charge is 0.444 e. The van der Waals surface area contributed by atoms with Crippen molar-refractivity contribution >= 4 is 12.1 Å². The van der Waals surface area contributed by atoms with Crippen LogP contribution in [0.2, 0.25) is 0 Å². The van der Waals surface area contributed by atoms with Gasteiger partial charge < -0.3 is 19.4 Å². The summed E-state index contributed by atoms with van der Waals surface area (Å²) in [4.78, 5) is 25.1. The number of nitrogens with one attached hydrogen (secondary N) is 1. The molecule has 2 saturated heterocycles. The number of carbonyl (C=O) groups is 2. The quantitative estimate of drug-likeness (QED) is 0.602. The molecule has 0 radical (unpaired) electrons. The molecule has 0 spiro atoms. The number of ether oxygens (including phenoxy) is 1. The molecule has 3 rings (SSSR count). The molecule has 2 N–H and O–H groups in total. The van der Waals surface area contributed by atoms with Crippen molar-refractivity contribution in [2.24, 2.45) is 0 Å². The molecule has 0 unspecified atom stereocenters. The fraction of sp³-hybridized carbons (Fsp3) is 0.750. The van der Waals surface area contributed by atoms with Crippen LogP contribution in [0.4, 0.5) is 9.59 Å². The van der Waals surface area contributed by atoms with Crippen LogP contribution in [0.1, 0.15) is 57.9 Å². The summed E-state index contributed by atoms with van der Waals surface area (Å²) in [5, 5.41) is 21.3. The van der Waals surface area contributed by atoms with Crippen molar-refractivity contribution in [1.82, 2.24) is 25.5 Å². The summed E-state index contributed by atoms with van der Waals surface area (Å²) in [6.45, 7) is 6.32. The van der Waals surface area contributed by atoms with E-state index in [4.69, 9.17) is 9.15 Å². The van der Waals surface area contributed by atoms with Gasteiger partial charge in [-0.15, -0.1) is 10.2 Å². The highest BCUT2D eigenvalue weighted by molar-refractivity contribution is 5.76. The van der Waals surface area contributed by atoms with Crippen molar-refractivity contribution in [3.8, 4) is 0 Å². The molecule has 3 heterocycles. The van der Waals surface area contributed by atoms with Gasteiger partial charge in [0.2, 0.25) is 11.8 Å². The van der Waals surface area contributed by atoms with Crippen molar-refractivity contribution in [1.29, 1.82) is 0 Å². The Bertz CT molecular complexity index is 670. The van der Waals surface area contributed by atoms with E-state index in [0.29, 0.717) is 50.6 Å². The molecule has 0 aliphatic carbocycles. The highest BCUT2D eigenvalue weighted by atomic mass is 16.6. The summed E-state index contributed by atoms with van der Waals surface area (Å²) in [6, 6.07) is -0.865. The number of rotatable bonds is 5. The summed E-state index contributed by atoms with van der Waals surface area (Å²) in [5.41, 5.74) is -0.526. The lowest BCUT2D eigenvalue weighted by molar-refractivity contribution is -0.0584. The van der Waals surface area contributed by atoms with Gasteiger partial charge in [0.15, 0.2) is 0 Å². The number of hydrogen-bond donors (Lipinski definition) is 2. The van der Waals surface area contributed by atoms with Crippen LogP contribution in [0.3, 0.4) is 0 Å². The maximum absolute atomic E-state index is 12.0. The molecule has 1 aromatic rings. The average molecular weight is 367 g/mol. The van der Waals surface area contributed by atoms with Gasteiger partial charge in [0.05, 0.1) is 6.04 Å². The van der Waals surface area contributed by atoms with Crippen molar-refractivity contribution in [2.45, 2.75) is 64.1 Å². The Hall–Kier alpha value is -2.36. The van der Waals surface area contributed by atoms with E-state index in [0.717, 1.165) is 5.06 Å². The van der Waals surface area contributed by atoms with Crippen molar-refractivity contribution in [3.63, 3.8) is 0 Å². The first-order valence-electron chi connectivity index (χ1n) is 8.82. The van der Waals surface area contributed by atoms with E-state index in [9.17, 15) is 14.8 Å². The van der Waals surface area contributed by atoms with Crippen LogP contribution in [0, 0.1) is 0 Å². The van der Waals surface area contributed by atoms with Crippen LogP contribution in [-0.2, 0) is 11.2 Å². The Labute approximate surface area is 151 Å². The number of hydroxylamine groups is 2. The molecule has 0 saturated carbocycles. The third kappa shape index (κ3) is 4.06. The first-order chi connectivity index (χ1) is 12.2.